The van der Waals surface area contributed by atoms with E-state index in [9.17, 15) is 9.59 Å². The van der Waals surface area contributed by atoms with Crippen LogP contribution < -0.4 is 10.2 Å². The van der Waals surface area contributed by atoms with E-state index in [2.05, 4.69) is 15.2 Å². The van der Waals surface area contributed by atoms with E-state index in [0.717, 1.165) is 44.6 Å². The molecule has 1 amide bonds. The van der Waals surface area contributed by atoms with Gasteiger partial charge in [0.25, 0.3) is 0 Å². The van der Waals surface area contributed by atoms with E-state index in [4.69, 9.17) is 9.47 Å². The molecule has 1 saturated carbocycles. The van der Waals surface area contributed by atoms with Gasteiger partial charge in [-0.3, -0.25) is 4.79 Å². The van der Waals surface area contributed by atoms with Crippen LogP contribution in [0.1, 0.15) is 49.9 Å². The van der Waals surface area contributed by atoms with Gasteiger partial charge in [0.1, 0.15) is 5.82 Å². The number of hydrogen-bond acceptors (Lipinski definition) is 6. The van der Waals surface area contributed by atoms with Gasteiger partial charge in [0, 0.05) is 32.5 Å². The summed E-state index contributed by atoms with van der Waals surface area (Å²) in [6.07, 6.45) is 5.38. The number of carbonyl (C=O) groups is 2. The van der Waals surface area contributed by atoms with Crippen LogP contribution >= 0.6 is 0 Å². The molecule has 1 aliphatic heterocycles. The van der Waals surface area contributed by atoms with Crippen LogP contribution in [0.25, 0.3) is 0 Å². The number of nitrogens with one attached hydrogen (secondary N) is 1. The maximum Gasteiger partial charge on any atom is 0.339 e. The summed E-state index contributed by atoms with van der Waals surface area (Å²) in [5.41, 5.74) is 0.224. The van der Waals surface area contributed by atoms with E-state index < -0.39 is 0 Å². The monoisotopic (exact) mass is 375 g/mol. The van der Waals surface area contributed by atoms with E-state index in [-0.39, 0.29) is 23.3 Å². The van der Waals surface area contributed by atoms with Crippen LogP contribution in [0.2, 0.25) is 0 Å². The fourth-order valence-electron chi connectivity index (χ4n) is 3.61. The highest BCUT2D eigenvalue weighted by Gasteiger charge is 2.45. The quantitative estimate of drug-likeness (QED) is 0.526. The van der Waals surface area contributed by atoms with Gasteiger partial charge in [0.2, 0.25) is 5.91 Å². The van der Waals surface area contributed by atoms with Crippen molar-refractivity contribution in [1.29, 1.82) is 0 Å². The fraction of sp³-hybridized carbons (Fsp3) is 0.650. The first-order valence-electron chi connectivity index (χ1n) is 9.85. The topological polar surface area (TPSA) is 80.8 Å². The van der Waals surface area contributed by atoms with Crippen molar-refractivity contribution in [1.82, 2.24) is 10.3 Å². The highest BCUT2D eigenvalue weighted by Crippen LogP contribution is 2.44. The molecule has 0 unspecified atom stereocenters. The van der Waals surface area contributed by atoms with Crippen molar-refractivity contribution in [3.63, 3.8) is 0 Å². The Morgan fingerprint density at radius 1 is 1.26 bits per heavy atom. The van der Waals surface area contributed by atoms with Crippen molar-refractivity contribution in [2.24, 2.45) is 5.41 Å². The van der Waals surface area contributed by atoms with Crippen LogP contribution in [0, 0.1) is 5.41 Å². The maximum absolute atomic E-state index is 12.7. The molecule has 0 atom stereocenters. The Balaban J connectivity index is 1.46. The molecule has 148 valence electrons. The van der Waals surface area contributed by atoms with Gasteiger partial charge in [-0.15, -0.1) is 0 Å². The first-order valence-corrected chi connectivity index (χ1v) is 9.85. The standard InChI is InChI=1S/C20H29N3O4/c1-3-26-11-10-20(8-5-9-20)19(25)22-16-13-23(14-16)17-7-6-15(12-21-17)18(24)27-4-2/h6-7,12,16H,3-5,8-11,13-14H2,1-2H3,(H,22,25). The number of aromatic nitrogens is 1. The van der Waals surface area contributed by atoms with Crippen LogP contribution in [0.15, 0.2) is 18.3 Å². The fourth-order valence-corrected chi connectivity index (χ4v) is 3.61. The van der Waals surface area contributed by atoms with Crippen LogP contribution in [-0.2, 0) is 14.3 Å². The second kappa shape index (κ2) is 8.69. The van der Waals surface area contributed by atoms with Crippen LogP contribution in [0.3, 0.4) is 0 Å². The molecule has 27 heavy (non-hydrogen) atoms. The second-order valence-electron chi connectivity index (χ2n) is 7.28. The highest BCUT2D eigenvalue weighted by atomic mass is 16.5. The third kappa shape index (κ3) is 4.40. The minimum absolute atomic E-state index is 0.147. The van der Waals surface area contributed by atoms with Gasteiger partial charge in [-0.2, -0.15) is 0 Å². The normalized spacial score (nSPS) is 18.4. The summed E-state index contributed by atoms with van der Waals surface area (Å²) in [4.78, 5) is 30.8. The van der Waals surface area contributed by atoms with E-state index in [1.54, 1.807) is 13.0 Å². The highest BCUT2D eigenvalue weighted by molar-refractivity contribution is 5.89. The molecule has 2 fully saturated rings. The lowest BCUT2D eigenvalue weighted by molar-refractivity contribution is -0.138. The largest absolute Gasteiger partial charge is 0.462 e. The number of rotatable bonds is 9. The molecule has 7 nitrogen and oxygen atoms in total. The number of pyridine rings is 1. The number of ether oxygens (including phenoxy) is 2. The van der Waals surface area contributed by atoms with Gasteiger partial charge in [0.15, 0.2) is 0 Å². The SMILES string of the molecule is CCOCCC1(C(=O)NC2CN(c3ccc(C(=O)OCC)cn3)C2)CCC1. The third-order valence-corrected chi connectivity index (χ3v) is 5.52. The van der Waals surface area contributed by atoms with E-state index in [0.29, 0.717) is 25.4 Å². The lowest BCUT2D eigenvalue weighted by atomic mass is 9.66. The molecular weight excluding hydrogens is 346 g/mol. The molecule has 0 spiro atoms. The molecule has 0 bridgehead atoms. The van der Waals surface area contributed by atoms with Crippen molar-refractivity contribution in [2.45, 2.75) is 45.6 Å². The molecule has 1 aromatic heterocycles. The van der Waals surface area contributed by atoms with Crippen molar-refractivity contribution in [3.8, 4) is 0 Å². The molecule has 1 aromatic rings. The van der Waals surface area contributed by atoms with Crippen LogP contribution in [0.5, 0.6) is 0 Å². The Labute approximate surface area is 160 Å². The maximum atomic E-state index is 12.7. The summed E-state index contributed by atoms with van der Waals surface area (Å²) in [6, 6.07) is 3.69. The molecular formula is C20H29N3O4. The Hall–Kier alpha value is -2.15. The second-order valence-corrected chi connectivity index (χ2v) is 7.28. The van der Waals surface area contributed by atoms with Gasteiger partial charge >= 0.3 is 5.97 Å². The van der Waals surface area contributed by atoms with Gasteiger partial charge in [-0.1, -0.05) is 6.42 Å². The molecule has 7 heteroatoms. The lowest BCUT2D eigenvalue weighted by Crippen LogP contribution is -2.62. The Morgan fingerprint density at radius 2 is 2.04 bits per heavy atom. The first kappa shape index (κ1) is 19.6. The van der Waals surface area contributed by atoms with Crippen molar-refractivity contribution in [2.75, 3.05) is 37.8 Å². The molecule has 2 aliphatic rings. The van der Waals surface area contributed by atoms with Gasteiger partial charge in [-0.25, -0.2) is 9.78 Å². The van der Waals surface area contributed by atoms with Gasteiger partial charge in [0.05, 0.1) is 23.6 Å². The average Bonchev–Trinajstić information content (AvgIpc) is 2.60. The molecule has 1 N–H and O–H groups in total. The Kier molecular flexibility index (Phi) is 6.31. The van der Waals surface area contributed by atoms with Crippen molar-refractivity contribution < 1.29 is 19.1 Å². The predicted octanol–water partition coefficient (Wildman–Crippen LogP) is 2.16. The van der Waals surface area contributed by atoms with Crippen LogP contribution in [-0.4, -0.2) is 55.8 Å². The summed E-state index contributed by atoms with van der Waals surface area (Å²) < 4.78 is 10.4. The molecule has 0 aromatic carbocycles. The summed E-state index contributed by atoms with van der Waals surface area (Å²) in [7, 11) is 0. The minimum Gasteiger partial charge on any atom is -0.462 e. The zero-order valence-electron chi connectivity index (χ0n) is 16.2. The lowest BCUT2D eigenvalue weighted by Gasteiger charge is -2.45. The molecule has 1 saturated heterocycles. The summed E-state index contributed by atoms with van der Waals surface area (Å²) in [6.45, 7) is 6.91. The molecule has 3 rings (SSSR count). The predicted molar refractivity (Wildman–Crippen MR) is 102 cm³/mol. The molecule has 2 heterocycles. The number of nitrogens with zero attached hydrogens (tertiary/aromatic N) is 2. The van der Waals surface area contributed by atoms with Crippen molar-refractivity contribution >= 4 is 17.7 Å². The first-order chi connectivity index (χ1) is 13.1. The minimum atomic E-state index is -0.358. The number of carbonyl (C=O) groups excluding carboxylic acids is 2. The zero-order valence-corrected chi connectivity index (χ0v) is 16.2. The number of esters is 1. The van der Waals surface area contributed by atoms with E-state index >= 15 is 0 Å². The zero-order chi connectivity index (χ0) is 19.3. The summed E-state index contributed by atoms with van der Waals surface area (Å²) in [5.74, 6) is 0.620. The van der Waals surface area contributed by atoms with Crippen LogP contribution in [0.4, 0.5) is 5.82 Å². The smallest absolute Gasteiger partial charge is 0.339 e. The van der Waals surface area contributed by atoms with E-state index in [1.807, 2.05) is 13.0 Å². The molecule has 1 aliphatic carbocycles. The van der Waals surface area contributed by atoms with Gasteiger partial charge < -0.3 is 19.7 Å². The number of hydrogen-bond donors (Lipinski definition) is 1. The summed E-state index contributed by atoms with van der Waals surface area (Å²) >= 11 is 0. The Bertz CT molecular complexity index is 652. The van der Waals surface area contributed by atoms with E-state index in [1.165, 1.54) is 6.20 Å². The number of anilines is 1. The van der Waals surface area contributed by atoms with Crippen molar-refractivity contribution in [3.05, 3.63) is 23.9 Å². The third-order valence-electron chi connectivity index (χ3n) is 5.52. The molecule has 0 radical (unpaired) electrons. The Morgan fingerprint density at radius 3 is 2.59 bits per heavy atom. The summed E-state index contributed by atoms with van der Waals surface area (Å²) in [5, 5.41) is 3.19. The average molecular weight is 375 g/mol. The number of amides is 1. The van der Waals surface area contributed by atoms with Gasteiger partial charge in [-0.05, 0) is 45.2 Å².